The molecule has 0 aliphatic rings. The van der Waals surface area contributed by atoms with Crippen LogP contribution in [0.3, 0.4) is 0 Å². The van der Waals surface area contributed by atoms with E-state index in [1.807, 2.05) is 0 Å². The maximum Gasteiger partial charge on any atom is 0.270 e. The first kappa shape index (κ1) is 16.9. The van der Waals surface area contributed by atoms with Gasteiger partial charge in [-0.25, -0.2) is 0 Å². The van der Waals surface area contributed by atoms with Crippen molar-refractivity contribution in [2.75, 3.05) is 24.3 Å². The highest BCUT2D eigenvalue weighted by Gasteiger charge is 2.18. The second-order valence-electron chi connectivity index (χ2n) is 5.25. The lowest BCUT2D eigenvalue weighted by atomic mass is 10.1. The average Bonchev–Trinajstić information content (AvgIpc) is 2.54. The van der Waals surface area contributed by atoms with Crippen molar-refractivity contribution in [3.8, 4) is 0 Å². The van der Waals surface area contributed by atoms with Gasteiger partial charge in [0.1, 0.15) is 0 Å². The largest absolute Gasteiger partial charge is 0.377 e. The minimum absolute atomic E-state index is 0.171. The molecule has 2 amide bonds. The molecule has 0 unspecified atom stereocenters. The van der Waals surface area contributed by atoms with E-state index in [0.29, 0.717) is 16.9 Å². The van der Waals surface area contributed by atoms with Crippen LogP contribution >= 0.6 is 0 Å². The summed E-state index contributed by atoms with van der Waals surface area (Å²) in [7, 11) is 3.47. The van der Waals surface area contributed by atoms with Gasteiger partial charge in [-0.2, -0.15) is 0 Å². The van der Waals surface area contributed by atoms with Crippen molar-refractivity contribution in [1.29, 1.82) is 0 Å². The number of nitrogens with one attached hydrogen (secondary N) is 1. The first-order chi connectivity index (χ1) is 11.3. The van der Waals surface area contributed by atoms with Gasteiger partial charge in [-0.05, 0) is 30.3 Å². The molecule has 24 heavy (non-hydrogen) atoms. The van der Waals surface area contributed by atoms with E-state index < -0.39 is 16.7 Å². The van der Waals surface area contributed by atoms with Crippen molar-refractivity contribution < 1.29 is 14.5 Å². The molecule has 0 atom stereocenters. The number of nitro groups is 1. The van der Waals surface area contributed by atoms with Crippen molar-refractivity contribution >= 4 is 28.9 Å². The molecule has 124 valence electrons. The van der Waals surface area contributed by atoms with Crippen LogP contribution in [0.5, 0.6) is 0 Å². The molecule has 0 aliphatic carbocycles. The van der Waals surface area contributed by atoms with Crippen LogP contribution in [0.4, 0.5) is 17.1 Å². The molecular formula is C16H16N4O4. The normalized spacial score (nSPS) is 10.1. The lowest BCUT2D eigenvalue weighted by Gasteiger charge is -2.17. The molecule has 3 N–H and O–H groups in total. The highest BCUT2D eigenvalue weighted by atomic mass is 16.6. The van der Waals surface area contributed by atoms with Gasteiger partial charge in [0.05, 0.1) is 10.5 Å². The number of benzene rings is 2. The molecule has 0 aliphatic heterocycles. The smallest absolute Gasteiger partial charge is 0.270 e. The Labute approximate surface area is 138 Å². The van der Waals surface area contributed by atoms with E-state index in [0.717, 1.165) is 0 Å². The van der Waals surface area contributed by atoms with E-state index in [1.165, 1.54) is 42.5 Å². The predicted molar refractivity (Wildman–Crippen MR) is 90.3 cm³/mol. The number of carbonyl (C=O) groups is 2. The van der Waals surface area contributed by atoms with Gasteiger partial charge in [-0.1, -0.05) is 0 Å². The Bertz CT molecular complexity index is 800. The highest BCUT2D eigenvalue weighted by Crippen LogP contribution is 2.25. The first-order valence-corrected chi connectivity index (χ1v) is 6.96. The Balaban J connectivity index is 2.32. The Morgan fingerprint density at radius 3 is 2.25 bits per heavy atom. The minimum atomic E-state index is -0.568. The second kappa shape index (κ2) is 6.78. The number of non-ortho nitro benzene ring substituents is 1. The molecular weight excluding hydrogens is 312 g/mol. The summed E-state index contributed by atoms with van der Waals surface area (Å²) in [5.74, 6) is -1.06. The topological polar surface area (TPSA) is 119 Å². The Hall–Kier alpha value is -3.42. The molecule has 8 heteroatoms. The van der Waals surface area contributed by atoms with Crippen LogP contribution in [0.2, 0.25) is 0 Å². The van der Waals surface area contributed by atoms with Crippen LogP contribution in [0.1, 0.15) is 20.7 Å². The molecule has 0 bridgehead atoms. The van der Waals surface area contributed by atoms with Crippen molar-refractivity contribution in [3.63, 3.8) is 0 Å². The van der Waals surface area contributed by atoms with Gasteiger partial charge in [0.25, 0.3) is 11.6 Å². The SMILES string of the molecule is CN(C)c1ccc([N+](=O)[O-])cc1C(=O)Nc1ccc(C(N)=O)cc1. The molecule has 8 nitrogen and oxygen atoms in total. The molecule has 0 fully saturated rings. The van der Waals surface area contributed by atoms with Gasteiger partial charge < -0.3 is 16.0 Å². The Morgan fingerprint density at radius 1 is 1.12 bits per heavy atom. The monoisotopic (exact) mass is 328 g/mol. The zero-order valence-electron chi connectivity index (χ0n) is 13.1. The molecule has 2 rings (SSSR count). The van der Waals surface area contributed by atoms with E-state index in [2.05, 4.69) is 5.32 Å². The number of nitrogens with two attached hydrogens (primary N) is 1. The average molecular weight is 328 g/mol. The number of amides is 2. The number of nitro benzene ring substituents is 1. The summed E-state index contributed by atoms with van der Waals surface area (Å²) in [6.45, 7) is 0. The minimum Gasteiger partial charge on any atom is -0.377 e. The number of rotatable bonds is 5. The van der Waals surface area contributed by atoms with Gasteiger partial charge in [0.15, 0.2) is 0 Å². The van der Waals surface area contributed by atoms with Crippen molar-refractivity contribution in [1.82, 2.24) is 0 Å². The number of hydrogen-bond donors (Lipinski definition) is 2. The number of anilines is 2. The van der Waals surface area contributed by atoms with Crippen LogP contribution < -0.4 is 16.0 Å². The fourth-order valence-electron chi connectivity index (χ4n) is 2.13. The fourth-order valence-corrected chi connectivity index (χ4v) is 2.13. The van der Waals surface area contributed by atoms with Gasteiger partial charge in [0.2, 0.25) is 5.91 Å². The van der Waals surface area contributed by atoms with Gasteiger partial charge in [0, 0.05) is 43.2 Å². The molecule has 2 aromatic rings. The molecule has 0 saturated heterocycles. The van der Waals surface area contributed by atoms with Crippen molar-refractivity contribution in [2.24, 2.45) is 5.73 Å². The summed E-state index contributed by atoms with van der Waals surface area (Å²) in [5, 5.41) is 13.6. The Morgan fingerprint density at radius 2 is 1.75 bits per heavy atom. The van der Waals surface area contributed by atoms with E-state index >= 15 is 0 Å². The third-order valence-corrected chi connectivity index (χ3v) is 3.34. The molecule has 0 aromatic heterocycles. The van der Waals surface area contributed by atoms with E-state index in [-0.39, 0.29) is 11.3 Å². The molecule has 0 radical (unpaired) electrons. The van der Waals surface area contributed by atoms with Crippen LogP contribution in [0, 0.1) is 10.1 Å². The first-order valence-electron chi connectivity index (χ1n) is 6.96. The fraction of sp³-hybridized carbons (Fsp3) is 0.125. The number of carbonyl (C=O) groups excluding carboxylic acids is 2. The zero-order chi connectivity index (χ0) is 17.9. The van der Waals surface area contributed by atoms with Crippen molar-refractivity contribution in [2.45, 2.75) is 0 Å². The van der Waals surface area contributed by atoms with Crippen LogP contribution in [0.15, 0.2) is 42.5 Å². The summed E-state index contributed by atoms with van der Waals surface area (Å²) in [6.07, 6.45) is 0. The van der Waals surface area contributed by atoms with E-state index in [1.54, 1.807) is 19.0 Å². The number of hydrogen-bond acceptors (Lipinski definition) is 5. The molecule has 0 heterocycles. The number of nitrogens with zero attached hydrogens (tertiary/aromatic N) is 2. The van der Waals surface area contributed by atoms with Crippen LogP contribution in [0.25, 0.3) is 0 Å². The highest BCUT2D eigenvalue weighted by molar-refractivity contribution is 6.08. The molecule has 0 saturated carbocycles. The second-order valence-corrected chi connectivity index (χ2v) is 5.25. The number of primary amides is 1. The Kier molecular flexibility index (Phi) is 4.78. The lowest BCUT2D eigenvalue weighted by molar-refractivity contribution is -0.384. The lowest BCUT2D eigenvalue weighted by Crippen LogP contribution is -2.19. The summed E-state index contributed by atoms with van der Waals surface area (Å²) in [4.78, 5) is 35.6. The van der Waals surface area contributed by atoms with Gasteiger partial charge in [-0.3, -0.25) is 19.7 Å². The summed E-state index contributed by atoms with van der Waals surface area (Å²) in [6, 6.07) is 10.1. The maximum absolute atomic E-state index is 12.5. The standard InChI is InChI=1S/C16H16N4O4/c1-19(2)14-8-7-12(20(23)24)9-13(14)16(22)18-11-5-3-10(4-6-11)15(17)21/h3-9H,1-2H3,(H2,17,21)(H,18,22). The van der Waals surface area contributed by atoms with Crippen LogP contribution in [-0.2, 0) is 0 Å². The molecule has 0 spiro atoms. The van der Waals surface area contributed by atoms with E-state index in [4.69, 9.17) is 5.73 Å². The van der Waals surface area contributed by atoms with E-state index in [9.17, 15) is 19.7 Å². The van der Waals surface area contributed by atoms with Crippen LogP contribution in [-0.4, -0.2) is 30.8 Å². The quantitative estimate of drug-likeness (QED) is 0.643. The summed E-state index contributed by atoms with van der Waals surface area (Å²) >= 11 is 0. The summed E-state index contributed by atoms with van der Waals surface area (Å²) in [5.41, 5.74) is 6.47. The predicted octanol–water partition coefficient (Wildman–Crippen LogP) is 2.01. The third kappa shape index (κ3) is 3.67. The van der Waals surface area contributed by atoms with Gasteiger partial charge in [-0.15, -0.1) is 0 Å². The van der Waals surface area contributed by atoms with Gasteiger partial charge >= 0.3 is 0 Å². The third-order valence-electron chi connectivity index (χ3n) is 3.34. The maximum atomic E-state index is 12.5. The summed E-state index contributed by atoms with van der Waals surface area (Å²) < 4.78 is 0. The zero-order valence-corrected chi connectivity index (χ0v) is 13.1. The molecule has 2 aromatic carbocycles. The van der Waals surface area contributed by atoms with Crippen molar-refractivity contribution in [3.05, 3.63) is 63.7 Å².